The molecule has 7 heteroatoms. The van der Waals surface area contributed by atoms with Gasteiger partial charge in [-0.05, 0) is 32.4 Å². The quantitative estimate of drug-likeness (QED) is 0.522. The van der Waals surface area contributed by atoms with Crippen molar-refractivity contribution in [3.8, 4) is 0 Å². The van der Waals surface area contributed by atoms with E-state index in [4.69, 9.17) is 4.74 Å². The molecule has 0 unspecified atom stereocenters. The van der Waals surface area contributed by atoms with Gasteiger partial charge >= 0.3 is 5.69 Å². The molecule has 1 aromatic rings. The zero-order chi connectivity index (χ0) is 14.0. The van der Waals surface area contributed by atoms with Crippen LogP contribution in [0, 0.1) is 29.4 Å². The molecule has 2 heterocycles. The maximum atomic E-state index is 11.0. The van der Waals surface area contributed by atoms with Crippen molar-refractivity contribution in [3.05, 3.63) is 21.5 Å². The lowest BCUT2D eigenvalue weighted by Gasteiger charge is -2.35. The minimum atomic E-state index is -0.356. The number of thiol groups is 1. The van der Waals surface area contributed by atoms with Gasteiger partial charge in [0, 0.05) is 25.2 Å². The SMILES string of the molecule is Cc1nn(CC2(CS)CCOCC2)c(C)c1[N+](=O)[O-]. The van der Waals surface area contributed by atoms with E-state index in [0.29, 0.717) is 17.9 Å². The summed E-state index contributed by atoms with van der Waals surface area (Å²) in [6, 6.07) is 0. The van der Waals surface area contributed by atoms with Crippen LogP contribution in [0.1, 0.15) is 24.2 Å². The third-order valence-corrected chi connectivity index (χ3v) is 4.57. The third kappa shape index (κ3) is 2.76. The molecule has 6 nitrogen and oxygen atoms in total. The summed E-state index contributed by atoms with van der Waals surface area (Å²) < 4.78 is 7.15. The highest BCUT2D eigenvalue weighted by Crippen LogP contribution is 2.35. The minimum absolute atomic E-state index is 0.0262. The highest BCUT2D eigenvalue weighted by Gasteiger charge is 2.34. The number of nitro groups is 1. The smallest absolute Gasteiger partial charge is 0.312 e. The number of nitrogens with zero attached hydrogens (tertiary/aromatic N) is 3. The van der Waals surface area contributed by atoms with Crippen molar-refractivity contribution in [2.24, 2.45) is 5.41 Å². The number of rotatable bonds is 4. The minimum Gasteiger partial charge on any atom is -0.381 e. The molecule has 106 valence electrons. The zero-order valence-corrected chi connectivity index (χ0v) is 12.2. The molecular formula is C12H19N3O3S. The average molecular weight is 285 g/mol. The molecule has 1 saturated heterocycles. The molecule has 0 N–H and O–H groups in total. The summed E-state index contributed by atoms with van der Waals surface area (Å²) in [5.74, 6) is 0.739. The van der Waals surface area contributed by atoms with Crippen molar-refractivity contribution < 1.29 is 9.66 Å². The molecule has 0 aliphatic carbocycles. The number of aromatic nitrogens is 2. The largest absolute Gasteiger partial charge is 0.381 e. The Morgan fingerprint density at radius 2 is 2.11 bits per heavy atom. The molecule has 1 aliphatic heterocycles. The maximum absolute atomic E-state index is 11.0. The Balaban J connectivity index is 2.27. The van der Waals surface area contributed by atoms with Crippen molar-refractivity contribution in [3.63, 3.8) is 0 Å². The van der Waals surface area contributed by atoms with E-state index in [9.17, 15) is 10.1 Å². The number of hydrogen-bond acceptors (Lipinski definition) is 5. The van der Waals surface area contributed by atoms with E-state index in [0.717, 1.165) is 31.8 Å². The van der Waals surface area contributed by atoms with Gasteiger partial charge in [-0.1, -0.05) is 0 Å². The molecule has 0 saturated carbocycles. The maximum Gasteiger partial charge on any atom is 0.312 e. The predicted octanol–water partition coefficient (Wildman–Crippen LogP) is 2.13. The van der Waals surface area contributed by atoms with Crippen LogP contribution in [0.2, 0.25) is 0 Å². The van der Waals surface area contributed by atoms with Crippen LogP contribution in [0.15, 0.2) is 0 Å². The van der Waals surface area contributed by atoms with E-state index in [-0.39, 0.29) is 16.0 Å². The molecule has 0 bridgehead atoms. The highest BCUT2D eigenvalue weighted by atomic mass is 32.1. The summed E-state index contributed by atoms with van der Waals surface area (Å²) in [5.41, 5.74) is 1.25. The molecule has 0 radical (unpaired) electrons. The Labute approximate surface area is 117 Å². The summed E-state index contributed by atoms with van der Waals surface area (Å²) in [5, 5.41) is 15.3. The van der Waals surface area contributed by atoms with E-state index in [1.54, 1.807) is 18.5 Å². The van der Waals surface area contributed by atoms with Crippen LogP contribution in [-0.2, 0) is 11.3 Å². The third-order valence-electron chi connectivity index (χ3n) is 3.90. The van der Waals surface area contributed by atoms with Crippen LogP contribution >= 0.6 is 12.6 Å². The first-order valence-electron chi connectivity index (χ1n) is 6.36. The molecule has 1 aromatic heterocycles. The molecule has 0 aromatic carbocycles. The number of hydrogen-bond donors (Lipinski definition) is 1. The fourth-order valence-corrected chi connectivity index (χ4v) is 3.01. The molecule has 1 fully saturated rings. The van der Waals surface area contributed by atoms with Crippen LogP contribution in [0.25, 0.3) is 0 Å². The van der Waals surface area contributed by atoms with Crippen LogP contribution < -0.4 is 0 Å². The zero-order valence-electron chi connectivity index (χ0n) is 11.3. The molecule has 0 spiro atoms. The molecular weight excluding hydrogens is 266 g/mol. The lowest BCUT2D eigenvalue weighted by molar-refractivity contribution is -0.386. The second-order valence-corrected chi connectivity index (χ2v) is 5.52. The molecule has 0 atom stereocenters. The first-order valence-corrected chi connectivity index (χ1v) is 6.99. The van der Waals surface area contributed by atoms with Gasteiger partial charge in [0.05, 0.1) is 4.92 Å². The van der Waals surface area contributed by atoms with Gasteiger partial charge in [0.1, 0.15) is 11.4 Å². The highest BCUT2D eigenvalue weighted by molar-refractivity contribution is 7.80. The van der Waals surface area contributed by atoms with E-state index in [1.807, 2.05) is 0 Å². The number of ether oxygens (including phenoxy) is 1. The molecule has 1 aliphatic rings. The second-order valence-electron chi connectivity index (χ2n) is 5.20. The molecule has 2 rings (SSSR count). The fourth-order valence-electron chi connectivity index (χ4n) is 2.59. The standard InChI is InChI=1S/C12H19N3O3S/c1-9-11(15(16)17)10(2)14(13-9)7-12(8-19)3-5-18-6-4-12/h19H,3-8H2,1-2H3. The summed E-state index contributed by atoms with van der Waals surface area (Å²) in [4.78, 5) is 10.7. The van der Waals surface area contributed by atoms with Crippen molar-refractivity contribution in [1.29, 1.82) is 0 Å². The van der Waals surface area contributed by atoms with Gasteiger partial charge in [-0.15, -0.1) is 0 Å². The topological polar surface area (TPSA) is 70.2 Å². The van der Waals surface area contributed by atoms with Crippen molar-refractivity contribution in [2.75, 3.05) is 19.0 Å². The van der Waals surface area contributed by atoms with Crippen LogP contribution in [0.5, 0.6) is 0 Å². The summed E-state index contributed by atoms with van der Waals surface area (Å²) in [7, 11) is 0. The van der Waals surface area contributed by atoms with Gasteiger partial charge in [-0.3, -0.25) is 14.8 Å². The van der Waals surface area contributed by atoms with Crippen LogP contribution in [-0.4, -0.2) is 33.7 Å². The van der Waals surface area contributed by atoms with E-state index in [2.05, 4.69) is 17.7 Å². The first-order chi connectivity index (χ1) is 8.99. The van der Waals surface area contributed by atoms with Crippen molar-refractivity contribution in [2.45, 2.75) is 33.2 Å². The molecule has 19 heavy (non-hydrogen) atoms. The second kappa shape index (κ2) is 5.50. The van der Waals surface area contributed by atoms with Gasteiger partial charge in [-0.25, -0.2) is 0 Å². The van der Waals surface area contributed by atoms with Gasteiger partial charge in [0.15, 0.2) is 0 Å². The predicted molar refractivity (Wildman–Crippen MR) is 74.7 cm³/mol. The monoisotopic (exact) mass is 285 g/mol. The Bertz CT molecular complexity index is 481. The van der Waals surface area contributed by atoms with E-state index < -0.39 is 0 Å². The van der Waals surface area contributed by atoms with Crippen LogP contribution in [0.3, 0.4) is 0 Å². The van der Waals surface area contributed by atoms with Crippen molar-refractivity contribution >= 4 is 18.3 Å². The molecule has 0 amide bonds. The lowest BCUT2D eigenvalue weighted by Crippen LogP contribution is -2.36. The van der Waals surface area contributed by atoms with Crippen LogP contribution in [0.4, 0.5) is 5.69 Å². The van der Waals surface area contributed by atoms with Gasteiger partial charge in [0.2, 0.25) is 0 Å². The fraction of sp³-hybridized carbons (Fsp3) is 0.750. The Morgan fingerprint density at radius 3 is 2.58 bits per heavy atom. The average Bonchev–Trinajstić information content (AvgIpc) is 2.65. The summed E-state index contributed by atoms with van der Waals surface area (Å²) in [6.07, 6.45) is 1.84. The van der Waals surface area contributed by atoms with Gasteiger partial charge in [-0.2, -0.15) is 17.7 Å². The lowest BCUT2D eigenvalue weighted by atomic mass is 9.82. The number of aryl methyl sites for hydroxylation is 1. The van der Waals surface area contributed by atoms with Gasteiger partial charge in [0.25, 0.3) is 0 Å². The Hall–Kier alpha value is -1.08. The first kappa shape index (κ1) is 14.3. The summed E-state index contributed by atoms with van der Waals surface area (Å²) in [6.45, 7) is 5.55. The summed E-state index contributed by atoms with van der Waals surface area (Å²) >= 11 is 4.46. The van der Waals surface area contributed by atoms with Crippen molar-refractivity contribution in [1.82, 2.24) is 9.78 Å². The van der Waals surface area contributed by atoms with Gasteiger partial charge < -0.3 is 4.74 Å². The Morgan fingerprint density at radius 1 is 1.47 bits per heavy atom. The van der Waals surface area contributed by atoms with E-state index in [1.165, 1.54) is 0 Å². The van der Waals surface area contributed by atoms with E-state index >= 15 is 0 Å². The Kier molecular flexibility index (Phi) is 4.15. The normalized spacial score (nSPS) is 18.5.